The molecular formula is C14H18ClN3OS. The molecule has 0 aromatic carbocycles. The second kappa shape index (κ2) is 6.22. The zero-order chi connectivity index (χ0) is 13.9. The molecule has 2 aromatic heterocycles. The quantitative estimate of drug-likeness (QED) is 0.795. The van der Waals surface area contributed by atoms with Crippen LogP contribution in [0.2, 0.25) is 0 Å². The normalized spacial score (nSPS) is 18.8. The zero-order valence-corrected chi connectivity index (χ0v) is 13.1. The van der Waals surface area contributed by atoms with Crippen molar-refractivity contribution in [1.82, 2.24) is 14.5 Å². The van der Waals surface area contributed by atoms with E-state index >= 15 is 0 Å². The van der Waals surface area contributed by atoms with Gasteiger partial charge in [-0.1, -0.05) is 0 Å². The molecule has 0 saturated carbocycles. The third-order valence-corrected chi connectivity index (χ3v) is 5.15. The molecule has 3 rings (SSSR count). The van der Waals surface area contributed by atoms with E-state index in [1.807, 2.05) is 23.9 Å². The van der Waals surface area contributed by atoms with Gasteiger partial charge in [0.05, 0.1) is 7.11 Å². The number of methoxy groups -OCH3 is 1. The summed E-state index contributed by atoms with van der Waals surface area (Å²) in [6, 6.07) is 3.83. The molecule has 1 atom stereocenters. The summed E-state index contributed by atoms with van der Waals surface area (Å²) >= 11 is 7.95. The van der Waals surface area contributed by atoms with Crippen molar-refractivity contribution in [3.8, 4) is 5.88 Å². The van der Waals surface area contributed by atoms with Crippen molar-refractivity contribution in [3.05, 3.63) is 18.0 Å². The van der Waals surface area contributed by atoms with Crippen LogP contribution in [0.5, 0.6) is 5.88 Å². The van der Waals surface area contributed by atoms with E-state index in [4.69, 9.17) is 16.3 Å². The molecule has 0 bridgehead atoms. The van der Waals surface area contributed by atoms with Gasteiger partial charge >= 0.3 is 0 Å². The van der Waals surface area contributed by atoms with Crippen LogP contribution in [-0.4, -0.2) is 38.5 Å². The smallest absolute Gasteiger partial charge is 0.215 e. The Morgan fingerprint density at radius 3 is 3.05 bits per heavy atom. The molecule has 1 fully saturated rings. The van der Waals surface area contributed by atoms with Crippen molar-refractivity contribution in [1.29, 1.82) is 0 Å². The molecule has 0 amide bonds. The monoisotopic (exact) mass is 311 g/mol. The van der Waals surface area contributed by atoms with Crippen molar-refractivity contribution in [2.45, 2.75) is 31.1 Å². The second-order valence-corrected chi connectivity index (χ2v) is 6.70. The van der Waals surface area contributed by atoms with Gasteiger partial charge < -0.3 is 9.30 Å². The van der Waals surface area contributed by atoms with E-state index in [0.29, 0.717) is 17.0 Å². The third kappa shape index (κ3) is 2.74. The molecule has 4 nitrogen and oxygen atoms in total. The summed E-state index contributed by atoms with van der Waals surface area (Å²) in [5, 5.41) is 0.662. The van der Waals surface area contributed by atoms with Gasteiger partial charge in [-0.15, -0.1) is 11.6 Å². The molecule has 1 saturated heterocycles. The third-order valence-electron chi connectivity index (χ3n) is 3.58. The Hall–Kier alpha value is -0.940. The van der Waals surface area contributed by atoms with Crippen molar-refractivity contribution < 1.29 is 4.74 Å². The minimum absolute atomic E-state index is 0.582. The molecule has 0 spiro atoms. The van der Waals surface area contributed by atoms with Crippen molar-refractivity contribution in [2.24, 2.45) is 0 Å². The molecule has 0 N–H and O–H groups in total. The van der Waals surface area contributed by atoms with Gasteiger partial charge in [-0.3, -0.25) is 0 Å². The molecule has 2 aromatic rings. The number of aryl methyl sites for hydroxylation is 1. The lowest BCUT2D eigenvalue weighted by molar-refractivity contribution is 0.399. The Bertz CT molecular complexity index is 595. The number of ether oxygens (including phenoxy) is 1. The highest BCUT2D eigenvalue weighted by Gasteiger charge is 2.20. The summed E-state index contributed by atoms with van der Waals surface area (Å²) in [6.07, 6.45) is 3.36. The number of aromatic nitrogens is 3. The van der Waals surface area contributed by atoms with Gasteiger partial charge in [-0.25, -0.2) is 4.98 Å². The number of rotatable bonds is 5. The van der Waals surface area contributed by atoms with Gasteiger partial charge in [-0.2, -0.15) is 16.7 Å². The first-order valence-electron chi connectivity index (χ1n) is 6.89. The molecule has 0 radical (unpaired) electrons. The lowest BCUT2D eigenvalue weighted by Crippen LogP contribution is -2.13. The first-order valence-corrected chi connectivity index (χ1v) is 8.48. The summed E-state index contributed by atoms with van der Waals surface area (Å²) in [7, 11) is 1.64. The summed E-state index contributed by atoms with van der Waals surface area (Å²) in [6.45, 7) is 0.966. The van der Waals surface area contributed by atoms with E-state index in [1.165, 1.54) is 18.6 Å². The van der Waals surface area contributed by atoms with E-state index < -0.39 is 0 Å². The van der Waals surface area contributed by atoms with Crippen LogP contribution >= 0.6 is 23.4 Å². The van der Waals surface area contributed by atoms with Crippen LogP contribution in [0.25, 0.3) is 11.2 Å². The van der Waals surface area contributed by atoms with Gasteiger partial charge in [0.15, 0.2) is 5.65 Å². The Morgan fingerprint density at radius 1 is 1.45 bits per heavy atom. The van der Waals surface area contributed by atoms with Gasteiger partial charge in [0.2, 0.25) is 5.88 Å². The average Bonchev–Trinajstić information content (AvgIpc) is 3.08. The molecule has 6 heteroatoms. The molecule has 20 heavy (non-hydrogen) atoms. The molecular weight excluding hydrogens is 294 g/mol. The summed E-state index contributed by atoms with van der Waals surface area (Å²) in [5.41, 5.74) is 1.84. The number of hydrogen-bond acceptors (Lipinski definition) is 4. The van der Waals surface area contributed by atoms with E-state index in [0.717, 1.165) is 30.0 Å². The van der Waals surface area contributed by atoms with Crippen LogP contribution in [0.3, 0.4) is 0 Å². The van der Waals surface area contributed by atoms with Gasteiger partial charge in [-0.05, 0) is 24.7 Å². The number of nitrogens with zero attached hydrogens (tertiary/aromatic N) is 3. The summed E-state index contributed by atoms with van der Waals surface area (Å²) in [4.78, 5) is 9.24. The topological polar surface area (TPSA) is 39.9 Å². The molecule has 3 heterocycles. The first kappa shape index (κ1) is 14.0. The molecule has 108 valence electrons. The minimum Gasteiger partial charge on any atom is -0.481 e. The SMILES string of the molecule is COc1ccc2nc(CCCl)n(CC3CCCS3)c2n1. The highest BCUT2D eigenvalue weighted by molar-refractivity contribution is 8.00. The van der Waals surface area contributed by atoms with Crippen LogP contribution in [0.15, 0.2) is 12.1 Å². The van der Waals surface area contributed by atoms with Crippen LogP contribution < -0.4 is 4.74 Å². The maximum absolute atomic E-state index is 5.91. The highest BCUT2D eigenvalue weighted by atomic mass is 35.5. The number of pyridine rings is 1. The Kier molecular flexibility index (Phi) is 4.36. The van der Waals surface area contributed by atoms with E-state index in [-0.39, 0.29) is 0 Å². The molecule has 1 unspecified atom stereocenters. The number of imidazole rings is 1. The maximum Gasteiger partial charge on any atom is 0.215 e. The average molecular weight is 312 g/mol. The van der Waals surface area contributed by atoms with Crippen molar-refractivity contribution >= 4 is 34.5 Å². The highest BCUT2D eigenvalue weighted by Crippen LogP contribution is 2.29. The first-order chi connectivity index (χ1) is 9.81. The zero-order valence-electron chi connectivity index (χ0n) is 11.5. The lowest BCUT2D eigenvalue weighted by atomic mass is 10.2. The fraction of sp³-hybridized carbons (Fsp3) is 0.571. The predicted octanol–water partition coefficient (Wildman–Crippen LogP) is 3.12. The van der Waals surface area contributed by atoms with Crippen molar-refractivity contribution in [3.63, 3.8) is 0 Å². The minimum atomic E-state index is 0.582. The Labute approximate surface area is 127 Å². The molecule has 1 aliphatic heterocycles. The van der Waals surface area contributed by atoms with E-state index in [2.05, 4.69) is 14.5 Å². The second-order valence-electron chi connectivity index (χ2n) is 4.91. The summed E-state index contributed by atoms with van der Waals surface area (Å²) in [5.74, 6) is 3.51. The number of alkyl halides is 1. The van der Waals surface area contributed by atoms with Crippen LogP contribution in [0.4, 0.5) is 0 Å². The van der Waals surface area contributed by atoms with Gasteiger partial charge in [0.1, 0.15) is 11.3 Å². The molecule has 0 aliphatic carbocycles. The Morgan fingerprint density at radius 2 is 2.35 bits per heavy atom. The lowest BCUT2D eigenvalue weighted by Gasteiger charge is -2.13. The predicted molar refractivity (Wildman–Crippen MR) is 84.0 cm³/mol. The fourth-order valence-electron chi connectivity index (χ4n) is 2.60. The Balaban J connectivity index is 2.01. The number of thioether (sulfide) groups is 1. The van der Waals surface area contributed by atoms with Gasteiger partial charge in [0.25, 0.3) is 0 Å². The number of fused-ring (bicyclic) bond motifs is 1. The van der Waals surface area contributed by atoms with Crippen LogP contribution in [0.1, 0.15) is 18.7 Å². The van der Waals surface area contributed by atoms with E-state index in [9.17, 15) is 0 Å². The largest absolute Gasteiger partial charge is 0.481 e. The standard InChI is InChI=1S/C14H18ClN3OS/c1-19-13-5-4-11-14(17-13)18(12(16-11)6-7-15)9-10-3-2-8-20-10/h4-5,10H,2-3,6-9H2,1H3. The fourth-order valence-corrected chi connectivity index (χ4v) is 4.03. The molecule has 1 aliphatic rings. The number of halogens is 1. The number of hydrogen-bond donors (Lipinski definition) is 0. The summed E-state index contributed by atoms with van der Waals surface area (Å²) < 4.78 is 7.46. The van der Waals surface area contributed by atoms with Crippen LogP contribution in [0, 0.1) is 0 Å². The van der Waals surface area contributed by atoms with Crippen LogP contribution in [-0.2, 0) is 13.0 Å². The van der Waals surface area contributed by atoms with Crippen molar-refractivity contribution in [2.75, 3.05) is 18.7 Å². The van der Waals surface area contributed by atoms with Gasteiger partial charge in [0, 0.05) is 30.2 Å². The van der Waals surface area contributed by atoms with E-state index in [1.54, 1.807) is 7.11 Å². The maximum atomic E-state index is 5.91.